The molecule has 0 bridgehead atoms. The van der Waals surface area contributed by atoms with Gasteiger partial charge >= 0.3 is 0 Å². The van der Waals surface area contributed by atoms with Gasteiger partial charge in [-0.25, -0.2) is 0 Å². The molecule has 5 atom stereocenters. The van der Waals surface area contributed by atoms with Crippen molar-refractivity contribution in [3.63, 3.8) is 0 Å². The second kappa shape index (κ2) is 14.8. The monoisotopic (exact) mass is 504 g/mol. The van der Waals surface area contributed by atoms with Crippen LogP contribution in [-0.4, -0.2) is 53.7 Å². The van der Waals surface area contributed by atoms with E-state index in [2.05, 4.69) is 16.0 Å². The third-order valence-corrected chi connectivity index (χ3v) is 6.07. The van der Waals surface area contributed by atoms with E-state index in [1.807, 2.05) is 37.3 Å². The molecular weight excluding hydrogens is 464 g/mol. The lowest BCUT2D eigenvalue weighted by atomic mass is 9.96. The zero-order chi connectivity index (χ0) is 27.4. The first-order valence-corrected chi connectivity index (χ1v) is 12.2. The zero-order valence-electron chi connectivity index (χ0n) is 21.5. The summed E-state index contributed by atoms with van der Waals surface area (Å²) in [7, 11) is 0. The first-order chi connectivity index (χ1) is 16.9. The van der Waals surface area contributed by atoms with Crippen molar-refractivity contribution in [1.82, 2.24) is 16.0 Å². The fourth-order valence-electron chi connectivity index (χ4n) is 3.42. The van der Waals surface area contributed by atoms with Crippen LogP contribution in [0.3, 0.4) is 0 Å². The van der Waals surface area contributed by atoms with E-state index < -0.39 is 53.7 Å². The number of rotatable bonds is 15. The van der Waals surface area contributed by atoms with Gasteiger partial charge < -0.3 is 33.2 Å². The van der Waals surface area contributed by atoms with Crippen LogP contribution in [-0.2, 0) is 30.4 Å². The molecule has 0 saturated carbocycles. The lowest BCUT2D eigenvalue weighted by molar-refractivity contribution is -0.134. The summed E-state index contributed by atoms with van der Waals surface area (Å²) in [6.07, 6.45) is 0.516. The zero-order valence-corrected chi connectivity index (χ0v) is 21.5. The van der Waals surface area contributed by atoms with Gasteiger partial charge in [-0.1, -0.05) is 64.4 Å². The topological polar surface area (TPSA) is 200 Å². The minimum Gasteiger partial charge on any atom is -0.370 e. The van der Waals surface area contributed by atoms with Crippen LogP contribution in [0.15, 0.2) is 30.3 Å². The van der Waals surface area contributed by atoms with Crippen molar-refractivity contribution in [2.75, 3.05) is 0 Å². The Bertz CT molecular complexity index is 907. The Morgan fingerprint density at radius 3 is 1.92 bits per heavy atom. The Labute approximate surface area is 212 Å². The molecule has 0 fully saturated rings. The van der Waals surface area contributed by atoms with Crippen molar-refractivity contribution in [2.24, 2.45) is 29.0 Å². The van der Waals surface area contributed by atoms with Crippen molar-refractivity contribution in [3.8, 4) is 0 Å². The highest BCUT2D eigenvalue weighted by molar-refractivity contribution is 5.95. The summed E-state index contributed by atoms with van der Waals surface area (Å²) in [4.78, 5) is 62.0. The van der Waals surface area contributed by atoms with Crippen LogP contribution in [0.5, 0.6) is 0 Å². The maximum absolute atomic E-state index is 13.3. The number of amides is 5. The fourth-order valence-corrected chi connectivity index (χ4v) is 3.42. The first-order valence-electron chi connectivity index (χ1n) is 12.2. The van der Waals surface area contributed by atoms with Gasteiger partial charge in [0.15, 0.2) is 0 Å². The molecule has 0 spiro atoms. The number of carbonyl (C=O) groups excluding carboxylic acids is 5. The average Bonchev–Trinajstić information content (AvgIpc) is 2.83. The molecule has 1 aromatic carbocycles. The summed E-state index contributed by atoms with van der Waals surface area (Å²) in [5.74, 6) is -3.60. The van der Waals surface area contributed by atoms with Crippen LogP contribution >= 0.6 is 0 Å². The summed E-state index contributed by atoms with van der Waals surface area (Å²) >= 11 is 0. The SMILES string of the molecule is CC[C@@H](C)[C@@H](NC(=O)[C@@H](Cc1ccccc1)NC(=O)[C@@H](N)C(C)C)C(=O)N[C@H](CCC(N)=O)C(N)=O. The average molecular weight is 505 g/mol. The van der Waals surface area contributed by atoms with E-state index in [0.29, 0.717) is 6.42 Å². The highest BCUT2D eigenvalue weighted by atomic mass is 16.2. The minimum atomic E-state index is -1.13. The largest absolute Gasteiger partial charge is 0.370 e. The van der Waals surface area contributed by atoms with E-state index in [0.717, 1.165) is 5.56 Å². The van der Waals surface area contributed by atoms with Crippen LogP contribution in [0.4, 0.5) is 0 Å². The van der Waals surface area contributed by atoms with E-state index >= 15 is 0 Å². The van der Waals surface area contributed by atoms with Gasteiger partial charge in [0.2, 0.25) is 29.5 Å². The van der Waals surface area contributed by atoms with Gasteiger partial charge in [0.1, 0.15) is 18.1 Å². The van der Waals surface area contributed by atoms with Gasteiger partial charge in [0, 0.05) is 12.8 Å². The molecule has 0 aliphatic heterocycles. The molecule has 11 nitrogen and oxygen atoms in total. The van der Waals surface area contributed by atoms with Crippen LogP contribution in [0, 0.1) is 11.8 Å². The van der Waals surface area contributed by atoms with Crippen molar-refractivity contribution < 1.29 is 24.0 Å². The minimum absolute atomic E-state index is 0.0582. The molecule has 1 aromatic rings. The van der Waals surface area contributed by atoms with E-state index in [9.17, 15) is 24.0 Å². The predicted octanol–water partition coefficient (Wildman–Crippen LogP) is -0.536. The van der Waals surface area contributed by atoms with Crippen molar-refractivity contribution in [2.45, 2.75) is 77.5 Å². The normalized spacial score (nSPS) is 15.2. The summed E-state index contributed by atoms with van der Waals surface area (Å²) in [5, 5.41) is 7.94. The van der Waals surface area contributed by atoms with E-state index in [-0.39, 0.29) is 31.1 Å². The second-order valence-electron chi connectivity index (χ2n) is 9.36. The molecule has 0 unspecified atom stereocenters. The Kier molecular flexibility index (Phi) is 12.6. The van der Waals surface area contributed by atoms with Crippen LogP contribution in [0.1, 0.15) is 52.5 Å². The van der Waals surface area contributed by atoms with E-state index in [4.69, 9.17) is 17.2 Å². The molecule has 0 aliphatic carbocycles. The molecule has 200 valence electrons. The van der Waals surface area contributed by atoms with Gasteiger partial charge in [-0.05, 0) is 23.8 Å². The number of nitrogens with two attached hydrogens (primary N) is 3. The molecule has 0 aromatic heterocycles. The van der Waals surface area contributed by atoms with Crippen LogP contribution in [0.2, 0.25) is 0 Å². The Morgan fingerprint density at radius 1 is 0.833 bits per heavy atom. The molecule has 0 heterocycles. The standard InChI is InChI=1S/C25H40N6O5/c1-5-15(4)21(25(36)29-17(22(28)33)11-12-19(26)32)31-23(34)18(13-16-9-7-6-8-10-16)30-24(35)20(27)14(2)3/h6-10,14-15,17-18,20-21H,5,11-13,27H2,1-4H3,(H2,26,32)(H2,28,33)(H,29,36)(H,30,35)(H,31,34)/t15-,17-,18-,20+,21-/m1/s1. The summed E-state index contributed by atoms with van der Waals surface area (Å²) in [6.45, 7) is 7.22. The fraction of sp³-hybridized carbons (Fsp3) is 0.560. The third kappa shape index (κ3) is 10.0. The quantitative estimate of drug-likeness (QED) is 0.185. The number of hydrogen-bond acceptors (Lipinski definition) is 6. The molecule has 11 heteroatoms. The predicted molar refractivity (Wildman–Crippen MR) is 136 cm³/mol. The molecule has 5 amide bonds. The third-order valence-electron chi connectivity index (χ3n) is 6.07. The Morgan fingerprint density at radius 2 is 1.42 bits per heavy atom. The molecule has 0 radical (unpaired) electrons. The maximum atomic E-state index is 13.3. The number of nitrogens with one attached hydrogen (secondary N) is 3. The lowest BCUT2D eigenvalue weighted by Gasteiger charge is -2.28. The van der Waals surface area contributed by atoms with E-state index in [1.165, 1.54) is 0 Å². The molecule has 0 saturated heterocycles. The molecular formula is C25H40N6O5. The Balaban J connectivity index is 3.12. The highest BCUT2D eigenvalue weighted by Crippen LogP contribution is 2.11. The van der Waals surface area contributed by atoms with E-state index in [1.54, 1.807) is 20.8 Å². The second-order valence-corrected chi connectivity index (χ2v) is 9.36. The lowest BCUT2D eigenvalue weighted by Crippen LogP contribution is -2.59. The summed E-state index contributed by atoms with van der Waals surface area (Å²) in [6, 6.07) is 5.16. The van der Waals surface area contributed by atoms with Crippen molar-refractivity contribution >= 4 is 29.5 Å². The number of primary amides is 2. The van der Waals surface area contributed by atoms with Gasteiger partial charge in [0.25, 0.3) is 0 Å². The molecule has 1 rings (SSSR count). The van der Waals surface area contributed by atoms with Gasteiger partial charge in [-0.3, -0.25) is 24.0 Å². The number of carbonyl (C=O) groups is 5. The number of benzene rings is 1. The van der Waals surface area contributed by atoms with Gasteiger partial charge in [-0.15, -0.1) is 0 Å². The smallest absolute Gasteiger partial charge is 0.243 e. The van der Waals surface area contributed by atoms with Crippen LogP contribution < -0.4 is 33.2 Å². The molecule has 0 aliphatic rings. The summed E-state index contributed by atoms with van der Waals surface area (Å²) < 4.78 is 0. The maximum Gasteiger partial charge on any atom is 0.243 e. The van der Waals surface area contributed by atoms with Gasteiger partial charge in [-0.2, -0.15) is 0 Å². The van der Waals surface area contributed by atoms with Gasteiger partial charge in [0.05, 0.1) is 6.04 Å². The Hall–Kier alpha value is -3.47. The van der Waals surface area contributed by atoms with Crippen LogP contribution in [0.25, 0.3) is 0 Å². The van der Waals surface area contributed by atoms with Crippen molar-refractivity contribution in [3.05, 3.63) is 35.9 Å². The van der Waals surface area contributed by atoms with Crippen molar-refractivity contribution in [1.29, 1.82) is 0 Å². The molecule has 36 heavy (non-hydrogen) atoms. The highest BCUT2D eigenvalue weighted by Gasteiger charge is 2.32. The summed E-state index contributed by atoms with van der Waals surface area (Å²) in [5.41, 5.74) is 17.3. The molecule has 9 N–H and O–H groups in total. The number of hydrogen-bond donors (Lipinski definition) is 6. The first kappa shape index (κ1) is 30.6.